The number of nitrogens with zero attached hydrogens (tertiary/aromatic N) is 3. The summed E-state index contributed by atoms with van der Waals surface area (Å²) >= 11 is 3.40. The third-order valence-electron chi connectivity index (χ3n) is 3.12. The Morgan fingerprint density at radius 2 is 2.11 bits per heavy atom. The fourth-order valence-electron chi connectivity index (χ4n) is 2.04. The van der Waals surface area contributed by atoms with E-state index in [1.54, 1.807) is 18.6 Å². The molecule has 0 radical (unpaired) electrons. The Kier molecular flexibility index (Phi) is 3.34. The van der Waals surface area contributed by atoms with Crippen LogP contribution in [0.25, 0.3) is 11.0 Å². The number of pyridine rings is 1. The lowest BCUT2D eigenvalue weighted by Gasteiger charge is -2.21. The average Bonchev–Trinajstić information content (AvgIpc) is 2.86. The van der Waals surface area contributed by atoms with Gasteiger partial charge in [-0.15, -0.1) is 0 Å². The summed E-state index contributed by atoms with van der Waals surface area (Å²) in [4.78, 5) is 12.8. The van der Waals surface area contributed by atoms with E-state index in [0.29, 0.717) is 37.5 Å². The van der Waals surface area contributed by atoms with Crippen LogP contribution in [0.4, 0.5) is 5.82 Å². The fourth-order valence-corrected chi connectivity index (χ4v) is 2.44. The minimum atomic E-state index is -0.830. The highest BCUT2D eigenvalue weighted by molar-refractivity contribution is 9.10. The number of halogens is 1. The molecule has 100 valence electrons. The zero-order valence-electron chi connectivity index (χ0n) is 10.1. The highest BCUT2D eigenvalue weighted by atomic mass is 79.9. The molecule has 3 rings (SSSR count). The zero-order chi connectivity index (χ0) is 13.3. The van der Waals surface area contributed by atoms with Crippen LogP contribution in [0, 0.1) is 0 Å². The van der Waals surface area contributed by atoms with Gasteiger partial charge >= 0.3 is 0 Å². The third-order valence-corrected chi connectivity index (χ3v) is 3.70. The van der Waals surface area contributed by atoms with Crippen molar-refractivity contribution >= 4 is 32.8 Å². The summed E-state index contributed by atoms with van der Waals surface area (Å²) in [6.07, 6.45) is 5.55. The van der Waals surface area contributed by atoms with Crippen LogP contribution in [0.2, 0.25) is 0 Å². The molecular formula is C12H13BrN4O2. The Labute approximate surface area is 118 Å². The van der Waals surface area contributed by atoms with E-state index in [9.17, 15) is 5.11 Å². The van der Waals surface area contributed by atoms with E-state index in [1.807, 2.05) is 0 Å². The standard InChI is InChI=1S/C12H13BrN4O2/c13-8-5-16-11(10-9(8)14-2-3-15-10)17-6-12(18)1-4-19-7-12/h2-3,5,18H,1,4,6-7H2,(H,16,17). The fraction of sp³-hybridized carbons (Fsp3) is 0.417. The van der Waals surface area contributed by atoms with Gasteiger partial charge in [-0.25, -0.2) is 9.97 Å². The van der Waals surface area contributed by atoms with E-state index < -0.39 is 5.60 Å². The van der Waals surface area contributed by atoms with Gasteiger partial charge in [-0.1, -0.05) is 0 Å². The van der Waals surface area contributed by atoms with Crippen molar-refractivity contribution in [3.63, 3.8) is 0 Å². The second-order valence-corrected chi connectivity index (χ2v) is 5.44. The van der Waals surface area contributed by atoms with Crippen LogP contribution in [-0.4, -0.2) is 45.4 Å². The summed E-state index contributed by atoms with van der Waals surface area (Å²) in [6, 6.07) is 0. The minimum Gasteiger partial charge on any atom is -0.386 e. The van der Waals surface area contributed by atoms with Gasteiger partial charge in [0.25, 0.3) is 0 Å². The van der Waals surface area contributed by atoms with Crippen molar-refractivity contribution in [2.45, 2.75) is 12.0 Å². The van der Waals surface area contributed by atoms with Crippen molar-refractivity contribution in [2.75, 3.05) is 25.1 Å². The quantitative estimate of drug-likeness (QED) is 0.887. The van der Waals surface area contributed by atoms with Crippen LogP contribution in [0.5, 0.6) is 0 Å². The van der Waals surface area contributed by atoms with Crippen molar-refractivity contribution in [3.05, 3.63) is 23.1 Å². The maximum Gasteiger partial charge on any atom is 0.154 e. The van der Waals surface area contributed by atoms with E-state index in [1.165, 1.54) is 0 Å². The molecule has 2 aromatic rings. The molecule has 1 aliphatic rings. The van der Waals surface area contributed by atoms with Gasteiger partial charge in [-0.05, 0) is 15.9 Å². The first-order valence-electron chi connectivity index (χ1n) is 5.97. The first kappa shape index (κ1) is 12.7. The summed E-state index contributed by atoms with van der Waals surface area (Å²) in [5, 5.41) is 13.4. The molecule has 7 heteroatoms. The largest absolute Gasteiger partial charge is 0.386 e. The predicted octanol–water partition coefficient (Wildman–Crippen LogP) is 1.35. The van der Waals surface area contributed by atoms with Gasteiger partial charge in [0.2, 0.25) is 0 Å². The molecule has 1 unspecified atom stereocenters. The molecule has 0 aliphatic carbocycles. The molecule has 0 bridgehead atoms. The van der Waals surface area contributed by atoms with E-state index in [0.717, 1.165) is 9.99 Å². The predicted molar refractivity (Wildman–Crippen MR) is 73.9 cm³/mol. The Hall–Kier alpha value is -1.31. The Bertz CT molecular complexity index is 601. The number of ether oxygens (including phenoxy) is 1. The molecule has 0 aromatic carbocycles. The Balaban J connectivity index is 1.87. The number of rotatable bonds is 3. The van der Waals surface area contributed by atoms with E-state index >= 15 is 0 Å². The van der Waals surface area contributed by atoms with Crippen LogP contribution in [0.3, 0.4) is 0 Å². The van der Waals surface area contributed by atoms with Crippen LogP contribution < -0.4 is 5.32 Å². The molecule has 2 aromatic heterocycles. The summed E-state index contributed by atoms with van der Waals surface area (Å²) in [5.41, 5.74) is 0.595. The molecule has 2 N–H and O–H groups in total. The van der Waals surface area contributed by atoms with Gasteiger partial charge in [0.05, 0.1) is 11.1 Å². The SMILES string of the molecule is OC1(CNc2ncc(Br)c3nccnc23)CCOC1. The smallest absolute Gasteiger partial charge is 0.154 e. The lowest BCUT2D eigenvalue weighted by molar-refractivity contribution is 0.0381. The number of aliphatic hydroxyl groups is 1. The molecule has 1 aliphatic heterocycles. The van der Waals surface area contributed by atoms with Gasteiger partial charge in [0.15, 0.2) is 5.82 Å². The number of hydrogen-bond donors (Lipinski definition) is 2. The van der Waals surface area contributed by atoms with Gasteiger partial charge in [0, 0.05) is 38.2 Å². The van der Waals surface area contributed by atoms with Crippen molar-refractivity contribution in [1.29, 1.82) is 0 Å². The second kappa shape index (κ2) is 4.99. The summed E-state index contributed by atoms with van der Waals surface area (Å²) in [7, 11) is 0. The minimum absolute atomic E-state index is 0.347. The maximum atomic E-state index is 10.2. The highest BCUT2D eigenvalue weighted by Crippen LogP contribution is 2.25. The van der Waals surface area contributed by atoms with Crippen molar-refractivity contribution in [1.82, 2.24) is 15.0 Å². The first-order chi connectivity index (χ1) is 9.18. The van der Waals surface area contributed by atoms with E-state index in [4.69, 9.17) is 4.74 Å². The number of anilines is 1. The van der Waals surface area contributed by atoms with Gasteiger partial charge < -0.3 is 15.2 Å². The Morgan fingerprint density at radius 3 is 2.84 bits per heavy atom. The van der Waals surface area contributed by atoms with Gasteiger partial charge in [0.1, 0.15) is 16.6 Å². The maximum absolute atomic E-state index is 10.2. The molecule has 0 spiro atoms. The van der Waals surface area contributed by atoms with Crippen LogP contribution in [0.1, 0.15) is 6.42 Å². The second-order valence-electron chi connectivity index (χ2n) is 4.59. The molecule has 6 nitrogen and oxygen atoms in total. The third kappa shape index (κ3) is 2.54. The average molecular weight is 325 g/mol. The topological polar surface area (TPSA) is 80.2 Å². The Morgan fingerprint density at radius 1 is 1.32 bits per heavy atom. The van der Waals surface area contributed by atoms with Crippen LogP contribution in [-0.2, 0) is 4.74 Å². The summed E-state index contributed by atoms with van der Waals surface area (Å²) < 4.78 is 6.00. The van der Waals surface area contributed by atoms with Crippen LogP contribution >= 0.6 is 15.9 Å². The number of fused-ring (bicyclic) bond motifs is 1. The first-order valence-corrected chi connectivity index (χ1v) is 6.76. The number of aromatic nitrogens is 3. The summed E-state index contributed by atoms with van der Waals surface area (Å²) in [6.45, 7) is 1.32. The number of hydrogen-bond acceptors (Lipinski definition) is 6. The molecule has 19 heavy (non-hydrogen) atoms. The van der Waals surface area contributed by atoms with Gasteiger partial charge in [-0.2, -0.15) is 0 Å². The zero-order valence-corrected chi connectivity index (χ0v) is 11.7. The molecule has 1 fully saturated rings. The number of nitrogens with one attached hydrogen (secondary N) is 1. The van der Waals surface area contributed by atoms with Crippen molar-refractivity contribution in [3.8, 4) is 0 Å². The van der Waals surface area contributed by atoms with E-state index in [-0.39, 0.29) is 0 Å². The molecule has 3 heterocycles. The lowest BCUT2D eigenvalue weighted by Crippen LogP contribution is -2.37. The van der Waals surface area contributed by atoms with Gasteiger partial charge in [-0.3, -0.25) is 4.98 Å². The van der Waals surface area contributed by atoms with Crippen LogP contribution in [0.15, 0.2) is 23.1 Å². The highest BCUT2D eigenvalue weighted by Gasteiger charge is 2.32. The molecule has 0 saturated carbocycles. The molecule has 1 saturated heterocycles. The van der Waals surface area contributed by atoms with Crippen molar-refractivity contribution in [2.24, 2.45) is 0 Å². The monoisotopic (exact) mass is 324 g/mol. The lowest BCUT2D eigenvalue weighted by atomic mass is 10.0. The summed E-state index contributed by atoms with van der Waals surface area (Å²) in [5.74, 6) is 0.617. The molecular weight excluding hydrogens is 312 g/mol. The normalized spacial score (nSPS) is 22.8. The molecule has 1 atom stereocenters. The molecule has 0 amide bonds. The van der Waals surface area contributed by atoms with Crippen molar-refractivity contribution < 1.29 is 9.84 Å². The van der Waals surface area contributed by atoms with E-state index in [2.05, 4.69) is 36.2 Å².